The van der Waals surface area contributed by atoms with Gasteiger partial charge in [0.05, 0.1) is 12.1 Å². The van der Waals surface area contributed by atoms with Crippen LogP contribution < -0.4 is 10.6 Å². The first-order valence-electron chi connectivity index (χ1n) is 10.7. The molecule has 3 N–H and O–H groups in total. The second-order valence-corrected chi connectivity index (χ2v) is 9.44. The zero-order valence-electron chi connectivity index (χ0n) is 19.1. The minimum absolute atomic E-state index is 0.0680. The molecule has 0 bridgehead atoms. The zero-order chi connectivity index (χ0) is 22.9. The molecule has 5 nitrogen and oxygen atoms in total. The molecule has 0 radical (unpaired) electrons. The molecule has 7 heteroatoms. The number of aliphatic hydroxyl groups excluding tert-OH is 1. The van der Waals surface area contributed by atoms with E-state index in [-0.39, 0.29) is 19.0 Å². The van der Waals surface area contributed by atoms with E-state index < -0.39 is 35.5 Å². The van der Waals surface area contributed by atoms with Crippen molar-refractivity contribution in [3.05, 3.63) is 35.4 Å². The van der Waals surface area contributed by atoms with Crippen molar-refractivity contribution in [1.29, 1.82) is 0 Å². The highest BCUT2D eigenvalue weighted by Crippen LogP contribution is 2.14. The summed E-state index contributed by atoms with van der Waals surface area (Å²) in [5.41, 5.74) is -0.356. The normalized spacial score (nSPS) is 15.0. The zero-order valence-corrected chi connectivity index (χ0v) is 19.1. The lowest BCUT2D eigenvalue weighted by molar-refractivity contribution is 0.0420. The van der Waals surface area contributed by atoms with E-state index >= 15 is 0 Å². The number of halogens is 2. The van der Waals surface area contributed by atoms with Crippen molar-refractivity contribution >= 4 is 6.09 Å². The number of carbonyl (C=O) groups is 1. The number of benzene rings is 1. The fraction of sp³-hybridized carbons (Fsp3) is 0.696. The molecule has 30 heavy (non-hydrogen) atoms. The average molecular weight is 429 g/mol. The standard InChI is InChI=1S/C23H38F2N2O3/c1-15(2)8-7-9-16(3)26-14-21(28)20(27-22(29)30-23(4,5)6)12-17-10-18(24)13-19(25)11-17/h10-11,13,15-16,20-21,26,28H,7-9,12,14H2,1-6H3,(H,27,29)/t16?,20-,21+/m0/s1. The number of alkyl carbamates (subject to hydrolysis) is 1. The lowest BCUT2D eigenvalue weighted by Crippen LogP contribution is -2.50. The summed E-state index contributed by atoms with van der Waals surface area (Å²) in [5.74, 6) is -0.753. The minimum atomic E-state index is -0.962. The van der Waals surface area contributed by atoms with E-state index in [9.17, 15) is 18.7 Å². The van der Waals surface area contributed by atoms with Crippen LogP contribution in [0.15, 0.2) is 18.2 Å². The van der Waals surface area contributed by atoms with Crippen molar-refractivity contribution < 1.29 is 23.4 Å². The first-order valence-corrected chi connectivity index (χ1v) is 10.7. The van der Waals surface area contributed by atoms with Gasteiger partial charge in [-0.25, -0.2) is 13.6 Å². The second kappa shape index (κ2) is 12.2. The van der Waals surface area contributed by atoms with Gasteiger partial charge < -0.3 is 20.5 Å². The van der Waals surface area contributed by atoms with Crippen LogP contribution in [0.3, 0.4) is 0 Å². The van der Waals surface area contributed by atoms with Crippen LogP contribution in [0, 0.1) is 17.6 Å². The van der Waals surface area contributed by atoms with E-state index in [4.69, 9.17) is 4.74 Å². The Kier molecular flexibility index (Phi) is 10.7. The maximum atomic E-state index is 13.6. The third-order valence-corrected chi connectivity index (χ3v) is 4.64. The van der Waals surface area contributed by atoms with Crippen LogP contribution in [0.1, 0.15) is 66.4 Å². The molecule has 3 atom stereocenters. The largest absolute Gasteiger partial charge is 0.444 e. The molecule has 0 aliphatic carbocycles. The molecule has 0 saturated heterocycles. The van der Waals surface area contributed by atoms with Gasteiger partial charge in [-0.1, -0.05) is 26.7 Å². The third kappa shape index (κ3) is 11.5. The first-order chi connectivity index (χ1) is 13.9. The minimum Gasteiger partial charge on any atom is -0.444 e. The Labute approximate surface area is 179 Å². The van der Waals surface area contributed by atoms with Crippen molar-refractivity contribution in [2.75, 3.05) is 6.54 Å². The predicted octanol–water partition coefficient (Wildman–Crippen LogP) is 4.57. The van der Waals surface area contributed by atoms with Crippen LogP contribution in [-0.4, -0.2) is 41.5 Å². The molecule has 0 saturated carbocycles. The van der Waals surface area contributed by atoms with E-state index in [1.54, 1.807) is 20.8 Å². The van der Waals surface area contributed by atoms with Gasteiger partial charge in [-0.05, 0) is 64.2 Å². The number of nitrogens with one attached hydrogen (secondary N) is 2. The van der Waals surface area contributed by atoms with E-state index in [2.05, 4.69) is 24.5 Å². The molecule has 172 valence electrons. The van der Waals surface area contributed by atoms with Crippen LogP contribution in [0.2, 0.25) is 0 Å². The van der Waals surface area contributed by atoms with Crippen LogP contribution in [0.4, 0.5) is 13.6 Å². The van der Waals surface area contributed by atoms with Crippen molar-refractivity contribution in [1.82, 2.24) is 10.6 Å². The van der Waals surface area contributed by atoms with Crippen molar-refractivity contribution in [2.45, 2.75) is 91.0 Å². The molecular weight excluding hydrogens is 390 g/mol. The summed E-state index contributed by atoms with van der Waals surface area (Å²) in [4.78, 5) is 12.2. The Morgan fingerprint density at radius 3 is 2.23 bits per heavy atom. The highest BCUT2D eigenvalue weighted by molar-refractivity contribution is 5.68. The number of amides is 1. The van der Waals surface area contributed by atoms with Gasteiger partial charge in [0, 0.05) is 18.7 Å². The third-order valence-electron chi connectivity index (χ3n) is 4.64. The van der Waals surface area contributed by atoms with Gasteiger partial charge in [0.2, 0.25) is 0 Å². The Hall–Kier alpha value is -1.73. The first kappa shape index (κ1) is 26.3. The number of aliphatic hydroxyl groups is 1. The number of ether oxygens (including phenoxy) is 1. The smallest absolute Gasteiger partial charge is 0.407 e. The van der Waals surface area contributed by atoms with Crippen molar-refractivity contribution in [3.8, 4) is 0 Å². The summed E-state index contributed by atoms with van der Waals surface area (Å²) in [6, 6.07) is 2.61. The number of hydrogen-bond donors (Lipinski definition) is 3. The monoisotopic (exact) mass is 428 g/mol. The summed E-state index contributed by atoms with van der Waals surface area (Å²) < 4.78 is 32.4. The molecule has 1 aromatic rings. The predicted molar refractivity (Wildman–Crippen MR) is 115 cm³/mol. The van der Waals surface area contributed by atoms with Gasteiger partial charge in [0.25, 0.3) is 0 Å². The Balaban J connectivity index is 2.76. The van der Waals surface area contributed by atoms with Crippen LogP contribution >= 0.6 is 0 Å². The summed E-state index contributed by atoms with van der Waals surface area (Å²) >= 11 is 0. The molecule has 1 amide bonds. The maximum Gasteiger partial charge on any atom is 0.407 e. The SMILES string of the molecule is CC(C)CCCC(C)NC[C@@H](O)[C@H](Cc1cc(F)cc(F)c1)NC(=O)OC(C)(C)C. The number of carbonyl (C=O) groups excluding carboxylic acids is 1. The molecule has 1 aromatic carbocycles. The topological polar surface area (TPSA) is 70.6 Å². The maximum absolute atomic E-state index is 13.6. The van der Waals surface area contributed by atoms with Crippen LogP contribution in [0.25, 0.3) is 0 Å². The summed E-state index contributed by atoms with van der Waals surface area (Å²) in [6.07, 6.45) is 1.62. The molecule has 0 aromatic heterocycles. The summed E-state index contributed by atoms with van der Waals surface area (Å²) in [5, 5.41) is 16.6. The molecule has 1 rings (SSSR count). The highest BCUT2D eigenvalue weighted by Gasteiger charge is 2.25. The Bertz CT molecular complexity index is 642. The van der Waals surface area contributed by atoms with Crippen molar-refractivity contribution in [2.24, 2.45) is 5.92 Å². The Morgan fingerprint density at radius 2 is 1.70 bits per heavy atom. The molecule has 0 spiro atoms. The lowest BCUT2D eigenvalue weighted by Gasteiger charge is -2.28. The Morgan fingerprint density at radius 1 is 1.10 bits per heavy atom. The lowest BCUT2D eigenvalue weighted by atomic mass is 10.00. The van der Waals surface area contributed by atoms with Crippen molar-refractivity contribution in [3.63, 3.8) is 0 Å². The fourth-order valence-corrected chi connectivity index (χ4v) is 3.12. The molecule has 1 unspecified atom stereocenters. The fourth-order valence-electron chi connectivity index (χ4n) is 3.12. The quantitative estimate of drug-likeness (QED) is 0.483. The van der Waals surface area contributed by atoms with E-state index in [0.29, 0.717) is 11.5 Å². The van der Waals surface area contributed by atoms with E-state index in [1.165, 1.54) is 12.1 Å². The van der Waals surface area contributed by atoms with Crippen LogP contribution in [-0.2, 0) is 11.2 Å². The molecule has 0 aliphatic rings. The summed E-state index contributed by atoms with van der Waals surface area (Å²) in [6.45, 7) is 11.9. The molecule has 0 heterocycles. The number of rotatable bonds is 11. The molecule has 0 aliphatic heterocycles. The van der Waals surface area contributed by atoms with Gasteiger partial charge in [-0.2, -0.15) is 0 Å². The molecule has 0 fully saturated rings. The van der Waals surface area contributed by atoms with E-state index in [0.717, 1.165) is 25.3 Å². The van der Waals surface area contributed by atoms with E-state index in [1.807, 2.05) is 6.92 Å². The highest BCUT2D eigenvalue weighted by atomic mass is 19.1. The average Bonchev–Trinajstić information content (AvgIpc) is 2.56. The second-order valence-electron chi connectivity index (χ2n) is 9.44. The van der Waals surface area contributed by atoms with Gasteiger partial charge in [-0.3, -0.25) is 0 Å². The summed E-state index contributed by atoms with van der Waals surface area (Å²) in [7, 11) is 0. The van der Waals surface area contributed by atoms with Gasteiger partial charge in [0.1, 0.15) is 17.2 Å². The van der Waals surface area contributed by atoms with Gasteiger partial charge in [0.15, 0.2) is 0 Å². The van der Waals surface area contributed by atoms with Gasteiger partial charge >= 0.3 is 6.09 Å². The molecular formula is C23H38F2N2O3. The number of hydrogen-bond acceptors (Lipinski definition) is 4. The van der Waals surface area contributed by atoms with Gasteiger partial charge in [-0.15, -0.1) is 0 Å². The van der Waals surface area contributed by atoms with Crippen LogP contribution in [0.5, 0.6) is 0 Å².